The maximum atomic E-state index is 12.7. The topological polar surface area (TPSA) is 58.0 Å². The first-order chi connectivity index (χ1) is 11.3. The molecular formula is C16H24N4O2S. The highest BCUT2D eigenvalue weighted by Crippen LogP contribution is 2.24. The van der Waals surface area contributed by atoms with E-state index >= 15 is 0 Å². The maximum Gasteiger partial charge on any atom is 0.225 e. The standard InChI is InChI=1S/C16H24N4O2S/c1-17-11-14-12-18-16(23-14)20-6-2-5-19(7-8-20)15(21)13-3-9-22-10-4-13/h11-13H,2-10H2,1H3. The fourth-order valence-electron chi connectivity index (χ4n) is 3.14. The fraction of sp³-hybridized carbons (Fsp3) is 0.688. The highest BCUT2D eigenvalue weighted by molar-refractivity contribution is 7.17. The number of hydrogen-bond donors (Lipinski definition) is 0. The molecule has 3 rings (SSSR count). The van der Waals surface area contributed by atoms with Crippen LogP contribution in [0.2, 0.25) is 0 Å². The van der Waals surface area contributed by atoms with Crippen molar-refractivity contribution in [3.8, 4) is 0 Å². The van der Waals surface area contributed by atoms with Crippen LogP contribution in [0.15, 0.2) is 11.2 Å². The Hall–Kier alpha value is -1.47. The summed E-state index contributed by atoms with van der Waals surface area (Å²) < 4.78 is 5.36. The summed E-state index contributed by atoms with van der Waals surface area (Å²) in [6.07, 6.45) is 6.42. The molecule has 2 aliphatic heterocycles. The van der Waals surface area contributed by atoms with Gasteiger partial charge in [-0.2, -0.15) is 0 Å². The molecule has 2 saturated heterocycles. The summed E-state index contributed by atoms with van der Waals surface area (Å²) >= 11 is 1.66. The third kappa shape index (κ3) is 4.09. The first kappa shape index (κ1) is 16.4. The van der Waals surface area contributed by atoms with Crippen molar-refractivity contribution >= 4 is 28.6 Å². The van der Waals surface area contributed by atoms with Crippen LogP contribution in [0.1, 0.15) is 24.1 Å². The van der Waals surface area contributed by atoms with Crippen LogP contribution in [0.25, 0.3) is 0 Å². The number of aromatic nitrogens is 1. The Morgan fingerprint density at radius 2 is 2.17 bits per heavy atom. The minimum Gasteiger partial charge on any atom is -0.381 e. The normalized spacial score (nSPS) is 20.9. The Morgan fingerprint density at radius 3 is 2.96 bits per heavy atom. The molecule has 2 fully saturated rings. The van der Waals surface area contributed by atoms with Gasteiger partial charge in [0.05, 0.1) is 4.88 Å². The van der Waals surface area contributed by atoms with E-state index in [1.54, 1.807) is 18.4 Å². The Kier molecular flexibility index (Phi) is 5.61. The molecule has 0 aliphatic carbocycles. The molecule has 23 heavy (non-hydrogen) atoms. The summed E-state index contributed by atoms with van der Waals surface area (Å²) in [4.78, 5) is 26.6. The highest BCUT2D eigenvalue weighted by Gasteiger charge is 2.28. The molecule has 6 nitrogen and oxygen atoms in total. The highest BCUT2D eigenvalue weighted by atomic mass is 32.1. The molecule has 0 radical (unpaired) electrons. The maximum absolute atomic E-state index is 12.7. The average molecular weight is 336 g/mol. The van der Waals surface area contributed by atoms with Crippen molar-refractivity contribution in [3.63, 3.8) is 0 Å². The summed E-state index contributed by atoms with van der Waals surface area (Å²) in [6.45, 7) is 4.88. The lowest BCUT2D eigenvalue weighted by molar-refractivity contribution is -0.138. The predicted molar refractivity (Wildman–Crippen MR) is 92.6 cm³/mol. The van der Waals surface area contributed by atoms with Crippen molar-refractivity contribution in [3.05, 3.63) is 11.1 Å². The Labute approximate surface area is 141 Å². The minimum atomic E-state index is 0.155. The monoisotopic (exact) mass is 336 g/mol. The number of thiazole rings is 1. The molecule has 0 unspecified atom stereocenters. The predicted octanol–water partition coefficient (Wildman–Crippen LogP) is 1.66. The van der Waals surface area contributed by atoms with E-state index in [1.165, 1.54) is 0 Å². The fourth-order valence-corrected chi connectivity index (χ4v) is 4.03. The first-order valence-corrected chi connectivity index (χ1v) is 9.09. The molecule has 1 amide bonds. The molecule has 2 aliphatic rings. The second kappa shape index (κ2) is 7.88. The van der Waals surface area contributed by atoms with Gasteiger partial charge in [0, 0.05) is 64.8 Å². The summed E-state index contributed by atoms with van der Waals surface area (Å²) in [5.74, 6) is 0.468. The van der Waals surface area contributed by atoms with Crippen molar-refractivity contribution < 1.29 is 9.53 Å². The zero-order chi connectivity index (χ0) is 16.1. The van der Waals surface area contributed by atoms with E-state index in [1.807, 2.05) is 17.3 Å². The molecule has 7 heteroatoms. The van der Waals surface area contributed by atoms with Gasteiger partial charge in [0.2, 0.25) is 5.91 Å². The van der Waals surface area contributed by atoms with E-state index in [9.17, 15) is 4.79 Å². The molecule has 0 atom stereocenters. The number of hydrogen-bond acceptors (Lipinski definition) is 6. The molecule has 0 N–H and O–H groups in total. The summed E-state index contributed by atoms with van der Waals surface area (Å²) in [5.41, 5.74) is 0. The van der Waals surface area contributed by atoms with Crippen molar-refractivity contribution in [2.24, 2.45) is 10.9 Å². The summed E-state index contributed by atoms with van der Waals surface area (Å²) in [6, 6.07) is 0. The zero-order valence-corrected chi connectivity index (χ0v) is 14.4. The number of aliphatic imine (C=N–C) groups is 1. The van der Waals surface area contributed by atoms with Gasteiger partial charge in [-0.05, 0) is 19.3 Å². The SMILES string of the molecule is CN=Cc1cnc(N2CCCN(C(=O)C3CCOCC3)CC2)s1. The quantitative estimate of drug-likeness (QED) is 0.788. The largest absolute Gasteiger partial charge is 0.381 e. The number of carbonyl (C=O) groups is 1. The second-order valence-electron chi connectivity index (χ2n) is 5.99. The molecule has 0 aromatic carbocycles. The van der Waals surface area contributed by atoms with E-state index in [4.69, 9.17) is 4.74 Å². The van der Waals surface area contributed by atoms with Gasteiger partial charge >= 0.3 is 0 Å². The van der Waals surface area contributed by atoms with Crippen LogP contribution in [0, 0.1) is 5.92 Å². The van der Waals surface area contributed by atoms with Gasteiger partial charge in [-0.15, -0.1) is 0 Å². The molecule has 0 spiro atoms. The van der Waals surface area contributed by atoms with Gasteiger partial charge in [0.25, 0.3) is 0 Å². The minimum absolute atomic E-state index is 0.155. The first-order valence-electron chi connectivity index (χ1n) is 8.27. The van der Waals surface area contributed by atoms with Crippen molar-refractivity contribution in [1.29, 1.82) is 0 Å². The Bertz CT molecular complexity index is 554. The summed E-state index contributed by atoms with van der Waals surface area (Å²) in [7, 11) is 1.77. The van der Waals surface area contributed by atoms with Gasteiger partial charge < -0.3 is 14.5 Å². The molecule has 3 heterocycles. The number of amides is 1. The molecule has 126 valence electrons. The van der Waals surface area contributed by atoms with Gasteiger partial charge in [-0.3, -0.25) is 9.79 Å². The van der Waals surface area contributed by atoms with Gasteiger partial charge in [-0.25, -0.2) is 4.98 Å². The second-order valence-corrected chi connectivity index (χ2v) is 7.03. The zero-order valence-electron chi connectivity index (χ0n) is 13.6. The van der Waals surface area contributed by atoms with Crippen molar-refractivity contribution in [2.75, 3.05) is 51.3 Å². The average Bonchev–Trinajstić information content (AvgIpc) is 2.91. The van der Waals surface area contributed by atoms with Gasteiger partial charge in [0.1, 0.15) is 0 Å². The molecule has 0 bridgehead atoms. The van der Waals surface area contributed by atoms with Crippen LogP contribution in [0.5, 0.6) is 0 Å². The van der Waals surface area contributed by atoms with Crippen LogP contribution in [0.3, 0.4) is 0 Å². The third-order valence-corrected chi connectivity index (χ3v) is 5.41. The number of ether oxygens (including phenoxy) is 1. The third-order valence-electron chi connectivity index (χ3n) is 4.42. The van der Waals surface area contributed by atoms with E-state index < -0.39 is 0 Å². The van der Waals surface area contributed by atoms with E-state index in [0.29, 0.717) is 5.91 Å². The Morgan fingerprint density at radius 1 is 1.35 bits per heavy atom. The van der Waals surface area contributed by atoms with Crippen LogP contribution in [-0.2, 0) is 9.53 Å². The number of anilines is 1. The molecule has 1 aromatic rings. The van der Waals surface area contributed by atoms with Crippen LogP contribution in [-0.4, -0.2) is 68.4 Å². The number of carbonyl (C=O) groups excluding carboxylic acids is 1. The lowest BCUT2D eigenvalue weighted by Gasteiger charge is -2.28. The molecule has 0 saturated carbocycles. The lowest BCUT2D eigenvalue weighted by atomic mass is 9.98. The van der Waals surface area contributed by atoms with Gasteiger partial charge in [0.15, 0.2) is 5.13 Å². The van der Waals surface area contributed by atoms with Crippen molar-refractivity contribution in [1.82, 2.24) is 9.88 Å². The van der Waals surface area contributed by atoms with E-state index in [-0.39, 0.29) is 5.92 Å². The Balaban J connectivity index is 1.58. The van der Waals surface area contributed by atoms with Crippen LogP contribution >= 0.6 is 11.3 Å². The van der Waals surface area contributed by atoms with Crippen LogP contribution < -0.4 is 4.90 Å². The number of rotatable bonds is 3. The summed E-state index contributed by atoms with van der Waals surface area (Å²) in [5, 5.41) is 1.03. The van der Waals surface area contributed by atoms with Crippen LogP contribution in [0.4, 0.5) is 5.13 Å². The molecule has 1 aromatic heterocycles. The van der Waals surface area contributed by atoms with E-state index in [0.717, 1.165) is 68.7 Å². The smallest absolute Gasteiger partial charge is 0.225 e. The molecular weight excluding hydrogens is 312 g/mol. The number of nitrogens with zero attached hydrogens (tertiary/aromatic N) is 4. The van der Waals surface area contributed by atoms with Crippen molar-refractivity contribution in [2.45, 2.75) is 19.3 Å². The van der Waals surface area contributed by atoms with E-state index in [2.05, 4.69) is 14.9 Å². The van der Waals surface area contributed by atoms with Gasteiger partial charge in [-0.1, -0.05) is 11.3 Å². The lowest BCUT2D eigenvalue weighted by Crippen LogP contribution is -2.40.